The molecule has 23 heavy (non-hydrogen) atoms. The first-order chi connectivity index (χ1) is 10.5. The second-order valence-electron chi connectivity index (χ2n) is 7.56. The highest BCUT2D eigenvalue weighted by atomic mass is 35.5. The first kappa shape index (κ1) is 17.2. The molecule has 3 nitrogen and oxygen atoms in total. The third-order valence-corrected chi connectivity index (χ3v) is 7.43. The molecule has 4 rings (SSSR count). The SMILES string of the molecule is CS(=O)(=O)c1cccc(CNC2CC3CC2C2CCCC32)c1.Cl. The van der Waals surface area contributed by atoms with Gasteiger partial charge in [-0.05, 0) is 67.1 Å². The lowest BCUT2D eigenvalue weighted by Gasteiger charge is -2.32. The summed E-state index contributed by atoms with van der Waals surface area (Å²) in [5.41, 5.74) is 1.08. The number of sulfone groups is 1. The van der Waals surface area contributed by atoms with Crippen LogP contribution >= 0.6 is 12.4 Å². The Bertz CT molecular complexity index is 675. The summed E-state index contributed by atoms with van der Waals surface area (Å²) < 4.78 is 23.3. The van der Waals surface area contributed by atoms with Crippen LogP contribution in [-0.2, 0) is 16.4 Å². The van der Waals surface area contributed by atoms with Crippen LogP contribution in [0, 0.1) is 23.7 Å². The number of halogens is 1. The van der Waals surface area contributed by atoms with E-state index in [-0.39, 0.29) is 12.4 Å². The van der Waals surface area contributed by atoms with Crippen molar-refractivity contribution < 1.29 is 8.42 Å². The molecule has 5 atom stereocenters. The molecule has 0 heterocycles. The van der Waals surface area contributed by atoms with Crippen molar-refractivity contribution in [2.24, 2.45) is 23.7 Å². The Hall–Kier alpha value is -0.580. The zero-order valence-corrected chi connectivity index (χ0v) is 15.2. The largest absolute Gasteiger partial charge is 0.310 e. The molecular formula is C18H26ClNO2S. The van der Waals surface area contributed by atoms with Crippen LogP contribution in [0.5, 0.6) is 0 Å². The summed E-state index contributed by atoms with van der Waals surface area (Å²) in [6.07, 6.45) is 8.37. The van der Waals surface area contributed by atoms with Gasteiger partial charge >= 0.3 is 0 Å². The lowest BCUT2D eigenvalue weighted by molar-refractivity contribution is 0.208. The highest BCUT2D eigenvalue weighted by Gasteiger charge is 2.53. The Balaban J connectivity index is 0.00000156. The van der Waals surface area contributed by atoms with E-state index in [0.717, 1.165) is 35.8 Å². The third-order valence-electron chi connectivity index (χ3n) is 6.32. The lowest BCUT2D eigenvalue weighted by Crippen LogP contribution is -2.38. The van der Waals surface area contributed by atoms with Crippen molar-refractivity contribution in [2.75, 3.05) is 6.26 Å². The van der Waals surface area contributed by atoms with Crippen LogP contribution in [0.4, 0.5) is 0 Å². The number of hydrogen-bond acceptors (Lipinski definition) is 3. The molecule has 3 fully saturated rings. The predicted octanol–water partition coefficient (Wildman–Crippen LogP) is 3.43. The van der Waals surface area contributed by atoms with Gasteiger partial charge in [-0.1, -0.05) is 18.6 Å². The van der Waals surface area contributed by atoms with E-state index in [0.29, 0.717) is 10.9 Å². The molecule has 3 saturated carbocycles. The van der Waals surface area contributed by atoms with Crippen molar-refractivity contribution >= 4 is 22.2 Å². The molecule has 1 N–H and O–H groups in total. The van der Waals surface area contributed by atoms with Gasteiger partial charge < -0.3 is 5.32 Å². The average molecular weight is 356 g/mol. The van der Waals surface area contributed by atoms with E-state index in [1.807, 2.05) is 18.2 Å². The second-order valence-corrected chi connectivity index (χ2v) is 9.58. The zero-order valence-electron chi connectivity index (χ0n) is 13.6. The highest BCUT2D eigenvalue weighted by Crippen LogP contribution is 2.58. The Kier molecular flexibility index (Phi) is 4.78. The fourth-order valence-electron chi connectivity index (χ4n) is 5.44. The van der Waals surface area contributed by atoms with Crippen LogP contribution in [0.2, 0.25) is 0 Å². The minimum absolute atomic E-state index is 0. The molecule has 3 aliphatic carbocycles. The molecule has 2 bridgehead atoms. The van der Waals surface area contributed by atoms with Gasteiger partial charge in [0.25, 0.3) is 0 Å². The minimum atomic E-state index is -3.11. The molecule has 3 aliphatic rings. The molecule has 5 unspecified atom stereocenters. The summed E-state index contributed by atoms with van der Waals surface area (Å²) in [6, 6.07) is 8.01. The quantitative estimate of drug-likeness (QED) is 0.900. The summed E-state index contributed by atoms with van der Waals surface area (Å²) in [6.45, 7) is 0.786. The minimum Gasteiger partial charge on any atom is -0.310 e. The predicted molar refractivity (Wildman–Crippen MR) is 94.5 cm³/mol. The van der Waals surface area contributed by atoms with Crippen molar-refractivity contribution in [2.45, 2.75) is 49.6 Å². The van der Waals surface area contributed by atoms with Crippen molar-refractivity contribution in [3.8, 4) is 0 Å². The normalized spacial score (nSPS) is 35.1. The molecule has 1 aromatic rings. The van der Waals surface area contributed by atoms with Crippen LogP contribution in [0.25, 0.3) is 0 Å². The maximum absolute atomic E-state index is 11.7. The molecule has 0 aromatic heterocycles. The van der Waals surface area contributed by atoms with Gasteiger partial charge in [-0.15, -0.1) is 12.4 Å². The molecule has 0 saturated heterocycles. The van der Waals surface area contributed by atoms with Gasteiger partial charge in [0.05, 0.1) is 4.90 Å². The number of fused-ring (bicyclic) bond motifs is 5. The Labute approximate surface area is 145 Å². The zero-order chi connectivity index (χ0) is 15.3. The van der Waals surface area contributed by atoms with E-state index in [4.69, 9.17) is 0 Å². The number of nitrogens with one attached hydrogen (secondary N) is 1. The summed E-state index contributed by atoms with van der Waals surface area (Å²) in [7, 11) is -3.11. The van der Waals surface area contributed by atoms with E-state index < -0.39 is 9.84 Å². The highest BCUT2D eigenvalue weighted by molar-refractivity contribution is 7.90. The molecule has 128 valence electrons. The standard InChI is InChI=1S/C18H25NO2S.ClH/c1-22(20,21)14-5-2-4-12(8-14)11-19-18-10-13-9-17(18)16-7-3-6-15(13)16;/h2,4-5,8,13,15-19H,3,6-7,9-11H2,1H3;1H. The van der Waals surface area contributed by atoms with Crippen LogP contribution in [0.3, 0.4) is 0 Å². The molecule has 1 aromatic carbocycles. The van der Waals surface area contributed by atoms with Crippen LogP contribution in [-0.4, -0.2) is 20.7 Å². The molecular weight excluding hydrogens is 330 g/mol. The molecule has 0 aliphatic heterocycles. The molecule has 0 spiro atoms. The monoisotopic (exact) mass is 355 g/mol. The van der Waals surface area contributed by atoms with E-state index in [1.54, 1.807) is 6.07 Å². The first-order valence-corrected chi connectivity index (χ1v) is 10.4. The van der Waals surface area contributed by atoms with Gasteiger partial charge in [0, 0.05) is 18.8 Å². The Morgan fingerprint density at radius 3 is 2.70 bits per heavy atom. The van der Waals surface area contributed by atoms with Crippen molar-refractivity contribution in [1.82, 2.24) is 5.32 Å². The van der Waals surface area contributed by atoms with Gasteiger partial charge in [-0.2, -0.15) is 0 Å². The van der Waals surface area contributed by atoms with Gasteiger partial charge in [0.15, 0.2) is 9.84 Å². The van der Waals surface area contributed by atoms with Gasteiger partial charge in [-0.3, -0.25) is 0 Å². The van der Waals surface area contributed by atoms with Crippen LogP contribution in [0.15, 0.2) is 29.2 Å². The van der Waals surface area contributed by atoms with E-state index >= 15 is 0 Å². The molecule has 0 radical (unpaired) electrons. The number of hydrogen-bond donors (Lipinski definition) is 1. The van der Waals surface area contributed by atoms with Crippen molar-refractivity contribution in [3.05, 3.63) is 29.8 Å². The van der Waals surface area contributed by atoms with E-state index in [9.17, 15) is 8.42 Å². The average Bonchev–Trinajstić information content (AvgIpc) is 3.17. The fourth-order valence-corrected chi connectivity index (χ4v) is 6.13. The summed E-state index contributed by atoms with van der Waals surface area (Å²) in [4.78, 5) is 0.426. The maximum Gasteiger partial charge on any atom is 0.175 e. The number of benzene rings is 1. The Morgan fingerprint density at radius 2 is 1.91 bits per heavy atom. The van der Waals surface area contributed by atoms with E-state index in [2.05, 4.69) is 5.32 Å². The van der Waals surface area contributed by atoms with Crippen molar-refractivity contribution in [3.63, 3.8) is 0 Å². The van der Waals surface area contributed by atoms with E-state index in [1.165, 1.54) is 38.4 Å². The maximum atomic E-state index is 11.7. The molecule has 0 amide bonds. The first-order valence-electron chi connectivity index (χ1n) is 8.55. The Morgan fingerprint density at radius 1 is 1.13 bits per heavy atom. The fraction of sp³-hybridized carbons (Fsp3) is 0.667. The number of rotatable bonds is 4. The third kappa shape index (κ3) is 3.18. The summed E-state index contributed by atoms with van der Waals surface area (Å²) in [5.74, 6) is 3.82. The molecule has 5 heteroatoms. The summed E-state index contributed by atoms with van der Waals surface area (Å²) in [5, 5.41) is 3.73. The lowest BCUT2D eigenvalue weighted by atomic mass is 9.79. The van der Waals surface area contributed by atoms with Gasteiger partial charge in [-0.25, -0.2) is 8.42 Å². The van der Waals surface area contributed by atoms with Gasteiger partial charge in [0.2, 0.25) is 0 Å². The summed E-state index contributed by atoms with van der Waals surface area (Å²) >= 11 is 0. The van der Waals surface area contributed by atoms with Crippen molar-refractivity contribution in [1.29, 1.82) is 0 Å². The van der Waals surface area contributed by atoms with Crippen LogP contribution < -0.4 is 5.32 Å². The van der Waals surface area contributed by atoms with Crippen LogP contribution in [0.1, 0.15) is 37.7 Å². The van der Waals surface area contributed by atoms with Gasteiger partial charge in [0.1, 0.15) is 0 Å². The second kappa shape index (κ2) is 6.38. The topological polar surface area (TPSA) is 46.2 Å². The smallest absolute Gasteiger partial charge is 0.175 e.